The van der Waals surface area contributed by atoms with Crippen molar-refractivity contribution in [3.8, 4) is 0 Å². The fraction of sp³-hybridized carbons (Fsp3) is 0.545. The molecule has 1 heterocycles. The van der Waals surface area contributed by atoms with Crippen LogP contribution in [0.25, 0.3) is 0 Å². The summed E-state index contributed by atoms with van der Waals surface area (Å²) >= 11 is 3.25. The minimum atomic E-state index is -3.29. The van der Waals surface area contributed by atoms with E-state index in [1.165, 1.54) is 12.8 Å². The van der Waals surface area contributed by atoms with Gasteiger partial charge in [0.25, 0.3) is 0 Å². The SMILES string of the molecule is O=S(=O)(CCCNC1CC1)Nc1ccc(Br)cn1. The van der Waals surface area contributed by atoms with Gasteiger partial charge in [-0.2, -0.15) is 0 Å². The van der Waals surface area contributed by atoms with E-state index in [9.17, 15) is 8.42 Å². The van der Waals surface area contributed by atoms with Crippen molar-refractivity contribution in [3.05, 3.63) is 22.8 Å². The van der Waals surface area contributed by atoms with Crippen LogP contribution in [0.3, 0.4) is 0 Å². The van der Waals surface area contributed by atoms with E-state index in [0.717, 1.165) is 11.0 Å². The summed E-state index contributed by atoms with van der Waals surface area (Å²) in [5, 5.41) is 3.29. The van der Waals surface area contributed by atoms with Gasteiger partial charge in [0.2, 0.25) is 10.0 Å². The van der Waals surface area contributed by atoms with E-state index in [4.69, 9.17) is 0 Å². The first kappa shape index (κ1) is 13.8. The molecule has 1 saturated carbocycles. The zero-order chi connectivity index (χ0) is 13.0. The molecule has 2 rings (SSSR count). The average molecular weight is 334 g/mol. The van der Waals surface area contributed by atoms with E-state index in [-0.39, 0.29) is 5.75 Å². The molecule has 100 valence electrons. The van der Waals surface area contributed by atoms with Crippen molar-refractivity contribution < 1.29 is 8.42 Å². The summed E-state index contributed by atoms with van der Waals surface area (Å²) in [5.41, 5.74) is 0. The fourth-order valence-corrected chi connectivity index (χ4v) is 2.80. The molecule has 0 saturated heterocycles. The van der Waals surface area contributed by atoms with E-state index in [1.807, 2.05) is 0 Å². The van der Waals surface area contributed by atoms with Crippen molar-refractivity contribution in [3.63, 3.8) is 0 Å². The topological polar surface area (TPSA) is 71.1 Å². The Labute approximate surface area is 116 Å². The second kappa shape index (κ2) is 5.99. The van der Waals surface area contributed by atoms with Gasteiger partial charge in [-0.25, -0.2) is 13.4 Å². The lowest BCUT2D eigenvalue weighted by Crippen LogP contribution is -2.23. The minimum absolute atomic E-state index is 0.116. The molecule has 0 unspecified atom stereocenters. The highest BCUT2D eigenvalue weighted by Crippen LogP contribution is 2.18. The van der Waals surface area contributed by atoms with Crippen molar-refractivity contribution in [2.75, 3.05) is 17.0 Å². The predicted molar refractivity (Wildman–Crippen MR) is 75.0 cm³/mol. The molecule has 0 radical (unpaired) electrons. The monoisotopic (exact) mass is 333 g/mol. The van der Waals surface area contributed by atoms with Crippen LogP contribution in [-0.2, 0) is 10.0 Å². The molecular weight excluding hydrogens is 318 g/mol. The molecule has 1 aliphatic rings. The number of sulfonamides is 1. The Morgan fingerprint density at radius 2 is 2.17 bits per heavy atom. The smallest absolute Gasteiger partial charge is 0.233 e. The number of anilines is 1. The van der Waals surface area contributed by atoms with Gasteiger partial charge >= 0.3 is 0 Å². The molecule has 0 amide bonds. The van der Waals surface area contributed by atoms with Gasteiger partial charge in [0, 0.05) is 16.7 Å². The highest BCUT2D eigenvalue weighted by atomic mass is 79.9. The number of halogens is 1. The van der Waals surface area contributed by atoms with Crippen LogP contribution < -0.4 is 10.0 Å². The lowest BCUT2D eigenvalue weighted by Gasteiger charge is -2.07. The Kier molecular flexibility index (Phi) is 4.58. The molecule has 0 atom stereocenters. The number of nitrogens with one attached hydrogen (secondary N) is 2. The predicted octanol–water partition coefficient (Wildman–Crippen LogP) is 1.73. The van der Waals surface area contributed by atoms with Gasteiger partial charge in [-0.1, -0.05) is 0 Å². The number of aromatic nitrogens is 1. The third-order valence-electron chi connectivity index (χ3n) is 2.59. The van der Waals surface area contributed by atoms with Crippen LogP contribution in [0.4, 0.5) is 5.82 Å². The van der Waals surface area contributed by atoms with Crippen LogP contribution >= 0.6 is 15.9 Å². The Morgan fingerprint density at radius 3 is 2.78 bits per heavy atom. The second-order valence-electron chi connectivity index (χ2n) is 4.36. The normalized spacial score (nSPS) is 15.6. The summed E-state index contributed by atoms with van der Waals surface area (Å²) in [6.07, 6.45) is 4.61. The maximum Gasteiger partial charge on any atom is 0.233 e. The molecule has 1 aromatic heterocycles. The van der Waals surface area contributed by atoms with Gasteiger partial charge in [0.05, 0.1) is 5.75 Å². The van der Waals surface area contributed by atoms with Crippen molar-refractivity contribution in [1.29, 1.82) is 0 Å². The van der Waals surface area contributed by atoms with Crippen molar-refractivity contribution in [1.82, 2.24) is 10.3 Å². The molecule has 5 nitrogen and oxygen atoms in total. The second-order valence-corrected chi connectivity index (χ2v) is 7.12. The molecule has 1 aromatic rings. The molecule has 0 aliphatic heterocycles. The van der Waals surface area contributed by atoms with Crippen molar-refractivity contribution >= 4 is 31.8 Å². The molecule has 2 N–H and O–H groups in total. The maximum atomic E-state index is 11.8. The first-order valence-corrected chi connectivity index (χ1v) is 8.35. The summed E-state index contributed by atoms with van der Waals surface area (Å²) in [5.74, 6) is 0.470. The molecule has 0 bridgehead atoms. The van der Waals surface area contributed by atoms with E-state index in [2.05, 4.69) is 31.0 Å². The summed E-state index contributed by atoms with van der Waals surface area (Å²) in [6.45, 7) is 0.749. The van der Waals surface area contributed by atoms with Gasteiger partial charge in [0.1, 0.15) is 5.82 Å². The Balaban J connectivity index is 1.76. The van der Waals surface area contributed by atoms with Crippen molar-refractivity contribution in [2.45, 2.75) is 25.3 Å². The average Bonchev–Trinajstić information content (AvgIpc) is 3.11. The van der Waals surface area contributed by atoms with Gasteiger partial charge in [-0.05, 0) is 53.9 Å². The summed E-state index contributed by atoms with van der Waals surface area (Å²) < 4.78 is 26.8. The molecule has 1 aliphatic carbocycles. The largest absolute Gasteiger partial charge is 0.314 e. The highest BCUT2D eigenvalue weighted by molar-refractivity contribution is 9.10. The third-order valence-corrected chi connectivity index (χ3v) is 4.40. The zero-order valence-corrected chi connectivity index (χ0v) is 12.3. The van der Waals surface area contributed by atoms with Crippen LogP contribution in [0.5, 0.6) is 0 Å². The van der Waals surface area contributed by atoms with E-state index >= 15 is 0 Å². The first-order valence-electron chi connectivity index (χ1n) is 5.91. The molecule has 7 heteroatoms. The lowest BCUT2D eigenvalue weighted by molar-refractivity contribution is 0.593. The van der Waals surface area contributed by atoms with Gasteiger partial charge in [0.15, 0.2) is 0 Å². The summed E-state index contributed by atoms with van der Waals surface area (Å²) in [4.78, 5) is 3.98. The van der Waals surface area contributed by atoms with Crippen LogP contribution in [-0.4, -0.2) is 31.7 Å². The Hall–Kier alpha value is -0.660. The molecule has 0 spiro atoms. The molecule has 18 heavy (non-hydrogen) atoms. The van der Waals surface area contributed by atoms with Gasteiger partial charge < -0.3 is 5.32 Å². The number of nitrogens with zero attached hydrogens (tertiary/aromatic N) is 1. The van der Waals surface area contributed by atoms with E-state index in [1.54, 1.807) is 18.3 Å². The lowest BCUT2D eigenvalue weighted by atomic mass is 10.5. The summed E-state index contributed by atoms with van der Waals surface area (Å²) in [7, 11) is -3.29. The molecule has 1 fully saturated rings. The summed E-state index contributed by atoms with van der Waals surface area (Å²) in [6, 6.07) is 4.00. The maximum absolute atomic E-state index is 11.8. The van der Waals surface area contributed by atoms with Crippen LogP contribution in [0.15, 0.2) is 22.8 Å². The fourth-order valence-electron chi connectivity index (χ4n) is 1.50. The standard InChI is InChI=1S/C11H16BrN3O2S/c12-9-2-5-11(14-8-9)15-18(16,17)7-1-6-13-10-3-4-10/h2,5,8,10,13H,1,3-4,6-7H2,(H,14,15). The van der Waals surface area contributed by atoms with E-state index < -0.39 is 10.0 Å². The van der Waals surface area contributed by atoms with Crippen LogP contribution in [0, 0.1) is 0 Å². The quantitative estimate of drug-likeness (QED) is 0.745. The third kappa shape index (κ3) is 4.91. The molecule has 0 aromatic carbocycles. The minimum Gasteiger partial charge on any atom is -0.314 e. The first-order chi connectivity index (χ1) is 8.55. The van der Waals surface area contributed by atoms with Crippen molar-refractivity contribution in [2.24, 2.45) is 0 Å². The Morgan fingerprint density at radius 1 is 1.39 bits per heavy atom. The van der Waals surface area contributed by atoms with E-state index in [0.29, 0.717) is 18.3 Å². The Bertz CT molecular complexity index is 486. The van der Waals surface area contributed by atoms with Gasteiger partial charge in [-0.15, -0.1) is 0 Å². The number of rotatable bonds is 7. The molecular formula is C11H16BrN3O2S. The zero-order valence-electron chi connectivity index (χ0n) is 9.89. The van der Waals surface area contributed by atoms with Crippen LogP contribution in [0.2, 0.25) is 0 Å². The highest BCUT2D eigenvalue weighted by Gasteiger charge is 2.20. The van der Waals surface area contributed by atoms with Gasteiger partial charge in [-0.3, -0.25) is 4.72 Å². The van der Waals surface area contributed by atoms with Crippen LogP contribution in [0.1, 0.15) is 19.3 Å². The number of hydrogen-bond donors (Lipinski definition) is 2. The number of hydrogen-bond acceptors (Lipinski definition) is 4. The number of pyridine rings is 1.